The van der Waals surface area contributed by atoms with Crippen molar-refractivity contribution in [2.45, 2.75) is 6.42 Å². The van der Waals surface area contributed by atoms with Crippen molar-refractivity contribution in [2.24, 2.45) is 0 Å². The number of carboxylic acid groups (broad SMARTS) is 1. The molecule has 120 valence electrons. The number of carboxylic acids is 1. The average molecular weight is 322 g/mol. The summed E-state index contributed by atoms with van der Waals surface area (Å²) in [7, 11) is 0. The van der Waals surface area contributed by atoms with E-state index in [1.807, 2.05) is 0 Å². The summed E-state index contributed by atoms with van der Waals surface area (Å²) in [6, 6.07) is 13.7. The van der Waals surface area contributed by atoms with Crippen molar-refractivity contribution in [1.82, 2.24) is 15.0 Å². The van der Waals surface area contributed by atoms with Gasteiger partial charge in [-0.2, -0.15) is 0 Å². The molecule has 0 saturated heterocycles. The zero-order valence-corrected chi connectivity index (χ0v) is 12.6. The maximum absolute atomic E-state index is 12.3. The lowest BCUT2D eigenvalue weighted by Crippen LogP contribution is -2.12. The maximum atomic E-state index is 12.3. The molecule has 0 bridgehead atoms. The lowest BCUT2D eigenvalue weighted by atomic mass is 10.1. The van der Waals surface area contributed by atoms with E-state index in [1.165, 1.54) is 0 Å². The molecule has 2 N–H and O–H groups in total. The smallest absolute Gasteiger partial charge is 0.307 e. The normalized spacial score (nSPS) is 10.3. The lowest BCUT2D eigenvalue weighted by Gasteiger charge is -2.07. The van der Waals surface area contributed by atoms with Gasteiger partial charge in [0.05, 0.1) is 24.5 Å². The third-order valence-corrected chi connectivity index (χ3v) is 3.36. The Balaban J connectivity index is 1.72. The molecule has 7 nitrogen and oxygen atoms in total. The molecular weight excluding hydrogens is 308 g/mol. The fraction of sp³-hybridized carbons (Fsp3) is 0.0588. The summed E-state index contributed by atoms with van der Waals surface area (Å²) >= 11 is 0. The number of rotatable bonds is 5. The van der Waals surface area contributed by atoms with Crippen LogP contribution in [-0.2, 0) is 11.2 Å². The molecular formula is C17H14N4O3. The SMILES string of the molecule is O=C(O)Cc1cccc(NC(=O)c2ccc(-n3ccnn3)cc2)c1. The summed E-state index contributed by atoms with van der Waals surface area (Å²) in [6.45, 7) is 0. The van der Waals surface area contributed by atoms with Crippen LogP contribution in [0, 0.1) is 0 Å². The van der Waals surface area contributed by atoms with E-state index in [1.54, 1.807) is 65.6 Å². The predicted octanol–water partition coefficient (Wildman–Crippen LogP) is 2.15. The third kappa shape index (κ3) is 3.64. The van der Waals surface area contributed by atoms with Crippen LogP contribution in [0.1, 0.15) is 15.9 Å². The number of anilines is 1. The van der Waals surface area contributed by atoms with Crippen LogP contribution in [0.2, 0.25) is 0 Å². The number of nitrogens with zero attached hydrogens (tertiary/aromatic N) is 3. The summed E-state index contributed by atoms with van der Waals surface area (Å²) in [5.41, 5.74) is 2.47. The molecule has 0 radical (unpaired) electrons. The number of nitrogens with one attached hydrogen (secondary N) is 1. The minimum absolute atomic E-state index is 0.0870. The van der Waals surface area contributed by atoms with Gasteiger partial charge in [0.25, 0.3) is 5.91 Å². The van der Waals surface area contributed by atoms with Gasteiger partial charge in [0.1, 0.15) is 0 Å². The molecule has 0 atom stereocenters. The van der Waals surface area contributed by atoms with Gasteiger partial charge in [-0.3, -0.25) is 9.59 Å². The Bertz CT molecular complexity index is 858. The van der Waals surface area contributed by atoms with Crippen LogP contribution in [0.25, 0.3) is 5.69 Å². The third-order valence-electron chi connectivity index (χ3n) is 3.36. The Morgan fingerprint density at radius 2 is 1.92 bits per heavy atom. The Hall–Kier alpha value is -3.48. The Kier molecular flexibility index (Phi) is 4.33. The Morgan fingerprint density at radius 1 is 1.12 bits per heavy atom. The van der Waals surface area contributed by atoms with Gasteiger partial charge in [-0.05, 0) is 42.0 Å². The van der Waals surface area contributed by atoms with E-state index in [9.17, 15) is 9.59 Å². The van der Waals surface area contributed by atoms with E-state index in [2.05, 4.69) is 15.6 Å². The van der Waals surface area contributed by atoms with E-state index in [4.69, 9.17) is 5.11 Å². The molecule has 1 aromatic heterocycles. The summed E-state index contributed by atoms with van der Waals surface area (Å²) in [5, 5.41) is 19.2. The number of aromatic nitrogens is 3. The maximum Gasteiger partial charge on any atom is 0.307 e. The van der Waals surface area contributed by atoms with Crippen LogP contribution < -0.4 is 5.32 Å². The number of carbonyl (C=O) groups is 2. The molecule has 24 heavy (non-hydrogen) atoms. The lowest BCUT2D eigenvalue weighted by molar-refractivity contribution is -0.136. The molecule has 0 aliphatic carbocycles. The van der Waals surface area contributed by atoms with Crippen molar-refractivity contribution in [2.75, 3.05) is 5.32 Å². The number of benzene rings is 2. The molecule has 0 unspecified atom stereocenters. The molecule has 7 heteroatoms. The van der Waals surface area contributed by atoms with Gasteiger partial charge in [-0.1, -0.05) is 17.3 Å². The molecule has 1 amide bonds. The van der Waals surface area contributed by atoms with Gasteiger partial charge in [0.15, 0.2) is 0 Å². The van der Waals surface area contributed by atoms with Crippen molar-refractivity contribution in [1.29, 1.82) is 0 Å². The first-order chi connectivity index (χ1) is 11.6. The first kappa shape index (κ1) is 15.4. The van der Waals surface area contributed by atoms with Crippen molar-refractivity contribution < 1.29 is 14.7 Å². The zero-order valence-electron chi connectivity index (χ0n) is 12.6. The van der Waals surface area contributed by atoms with E-state index >= 15 is 0 Å². The minimum atomic E-state index is -0.915. The first-order valence-corrected chi connectivity index (χ1v) is 7.21. The molecule has 0 saturated carbocycles. The van der Waals surface area contributed by atoms with E-state index in [0.29, 0.717) is 16.8 Å². The topological polar surface area (TPSA) is 97.1 Å². The van der Waals surface area contributed by atoms with E-state index in [0.717, 1.165) is 5.69 Å². The molecule has 0 spiro atoms. The highest BCUT2D eigenvalue weighted by atomic mass is 16.4. The summed E-state index contributed by atoms with van der Waals surface area (Å²) < 4.78 is 1.59. The Labute approximate surface area is 137 Å². The highest BCUT2D eigenvalue weighted by Crippen LogP contribution is 2.14. The van der Waals surface area contributed by atoms with Gasteiger partial charge < -0.3 is 10.4 Å². The van der Waals surface area contributed by atoms with Crippen LogP contribution in [0.5, 0.6) is 0 Å². The van der Waals surface area contributed by atoms with Gasteiger partial charge in [0.2, 0.25) is 0 Å². The van der Waals surface area contributed by atoms with Gasteiger partial charge >= 0.3 is 5.97 Å². The second kappa shape index (κ2) is 6.74. The van der Waals surface area contributed by atoms with Crippen LogP contribution in [-0.4, -0.2) is 32.0 Å². The average Bonchev–Trinajstić information content (AvgIpc) is 3.09. The second-order valence-corrected chi connectivity index (χ2v) is 5.12. The largest absolute Gasteiger partial charge is 0.481 e. The molecule has 0 aliphatic rings. The minimum Gasteiger partial charge on any atom is -0.481 e. The summed E-state index contributed by atoms with van der Waals surface area (Å²) in [4.78, 5) is 23.0. The van der Waals surface area contributed by atoms with Crippen LogP contribution >= 0.6 is 0 Å². The highest BCUT2D eigenvalue weighted by Gasteiger charge is 2.08. The molecule has 3 rings (SSSR count). The number of hydrogen-bond donors (Lipinski definition) is 2. The Morgan fingerprint density at radius 3 is 2.58 bits per heavy atom. The van der Waals surface area contributed by atoms with Crippen molar-refractivity contribution >= 4 is 17.6 Å². The van der Waals surface area contributed by atoms with E-state index < -0.39 is 5.97 Å². The fourth-order valence-electron chi connectivity index (χ4n) is 2.25. The monoisotopic (exact) mass is 322 g/mol. The van der Waals surface area contributed by atoms with Crippen molar-refractivity contribution in [3.8, 4) is 5.69 Å². The number of hydrogen-bond acceptors (Lipinski definition) is 4. The van der Waals surface area contributed by atoms with Crippen LogP contribution in [0.3, 0.4) is 0 Å². The fourth-order valence-corrected chi connectivity index (χ4v) is 2.25. The van der Waals surface area contributed by atoms with Crippen molar-refractivity contribution in [3.05, 3.63) is 72.1 Å². The van der Waals surface area contributed by atoms with Crippen LogP contribution in [0.4, 0.5) is 5.69 Å². The van der Waals surface area contributed by atoms with Gasteiger partial charge in [0, 0.05) is 11.3 Å². The number of aliphatic carboxylic acids is 1. The van der Waals surface area contributed by atoms with Gasteiger partial charge in [-0.15, -0.1) is 5.10 Å². The van der Waals surface area contributed by atoms with Crippen LogP contribution in [0.15, 0.2) is 60.9 Å². The molecule has 0 fully saturated rings. The molecule has 2 aromatic carbocycles. The first-order valence-electron chi connectivity index (χ1n) is 7.21. The second-order valence-electron chi connectivity index (χ2n) is 5.12. The van der Waals surface area contributed by atoms with Crippen molar-refractivity contribution in [3.63, 3.8) is 0 Å². The summed E-state index contributed by atoms with van der Waals surface area (Å²) in [5.74, 6) is -1.19. The molecule has 1 heterocycles. The molecule has 0 aliphatic heterocycles. The quantitative estimate of drug-likeness (QED) is 0.750. The highest BCUT2D eigenvalue weighted by molar-refractivity contribution is 6.04. The summed E-state index contributed by atoms with van der Waals surface area (Å²) in [6.07, 6.45) is 3.20. The zero-order chi connectivity index (χ0) is 16.9. The van der Waals surface area contributed by atoms with E-state index in [-0.39, 0.29) is 12.3 Å². The predicted molar refractivity (Wildman–Crippen MR) is 87.1 cm³/mol. The number of amides is 1. The standard InChI is InChI=1S/C17H14N4O3/c22-16(23)11-12-2-1-3-14(10-12)19-17(24)13-4-6-15(7-5-13)21-9-8-18-20-21/h1-10H,11H2,(H,19,24)(H,22,23). The van der Waals surface area contributed by atoms with Gasteiger partial charge in [-0.25, -0.2) is 4.68 Å². The number of carbonyl (C=O) groups excluding carboxylic acids is 1. The molecule has 3 aromatic rings.